The second-order valence-corrected chi connectivity index (χ2v) is 17.6. The number of nitrogens with zero attached hydrogens (tertiary/aromatic N) is 4. The van der Waals surface area contributed by atoms with Gasteiger partial charge in [-0.15, -0.1) is 5.54 Å². The van der Waals surface area contributed by atoms with E-state index in [4.69, 9.17) is 20.0 Å². The molecule has 0 saturated carbocycles. The Labute approximate surface area is 320 Å². The van der Waals surface area contributed by atoms with E-state index in [1.165, 1.54) is 16.7 Å². The Bertz CT molecular complexity index is 2330. The van der Waals surface area contributed by atoms with Crippen molar-refractivity contribution in [3.8, 4) is 46.9 Å². The van der Waals surface area contributed by atoms with Gasteiger partial charge in [0, 0.05) is 43.0 Å². The number of nitriles is 2. The quantitative estimate of drug-likeness (QED) is 0.111. The van der Waals surface area contributed by atoms with Crippen LogP contribution in [0.1, 0.15) is 72.5 Å². The topological polar surface area (TPSA) is 110 Å². The summed E-state index contributed by atoms with van der Waals surface area (Å²) in [6.45, 7) is 20.0. The molecule has 4 rings (SSSR count). The summed E-state index contributed by atoms with van der Waals surface area (Å²) in [6, 6.07) is 11.7. The molecule has 0 saturated heterocycles. The van der Waals surface area contributed by atoms with Crippen LogP contribution in [0.15, 0.2) is 46.0 Å². The molecule has 0 aliphatic carbocycles. The standard InChI is InChI=1S/C19H16F2N2O2.C13H16F2OSi.C10H12N2O/c1-4-23-13(8-12(3)16(11-22)19(23)24)6-7-15-17(20)9-14(25-5-2)10-18(15)21;1-5-16-10-8-12(14)11(13(15)9-10)6-7-17(2,3)4;1-4-12-8(3)5-7(2)9(6-11)10(12)13/h8-10H,4-5H2,1-3H3;8-9H,5H2,1-4H3;5H,4H2,1-3H3. The van der Waals surface area contributed by atoms with Crippen molar-refractivity contribution in [1.29, 1.82) is 10.5 Å². The molecule has 8 nitrogen and oxygen atoms in total. The third-order valence-corrected chi connectivity index (χ3v) is 8.46. The van der Waals surface area contributed by atoms with Gasteiger partial charge in [0.05, 0.1) is 30.0 Å². The second kappa shape index (κ2) is 20.4. The van der Waals surface area contributed by atoms with Crippen LogP contribution >= 0.6 is 0 Å². The van der Waals surface area contributed by atoms with Crippen molar-refractivity contribution in [3.05, 3.63) is 125 Å². The summed E-state index contributed by atoms with van der Waals surface area (Å²) >= 11 is 0. The van der Waals surface area contributed by atoms with Gasteiger partial charge in [0.25, 0.3) is 11.1 Å². The average Bonchev–Trinajstić information content (AvgIpc) is 3.08. The Morgan fingerprint density at radius 3 is 1.38 bits per heavy atom. The third-order valence-electron chi connectivity index (χ3n) is 7.59. The molecule has 2 aromatic heterocycles. The van der Waals surface area contributed by atoms with Gasteiger partial charge in [-0.1, -0.05) is 31.5 Å². The van der Waals surface area contributed by atoms with Gasteiger partial charge in [-0.2, -0.15) is 10.5 Å². The van der Waals surface area contributed by atoms with Crippen LogP contribution in [0.25, 0.3) is 0 Å². The minimum absolute atomic E-state index is 0.0332. The van der Waals surface area contributed by atoms with E-state index in [1.54, 1.807) is 45.3 Å². The monoisotopic (exact) mass is 772 g/mol. The van der Waals surface area contributed by atoms with E-state index in [1.807, 2.05) is 51.7 Å². The van der Waals surface area contributed by atoms with E-state index in [0.29, 0.717) is 18.7 Å². The number of pyridine rings is 2. The van der Waals surface area contributed by atoms with Crippen LogP contribution in [0, 0.1) is 90.0 Å². The maximum atomic E-state index is 14.1. The highest BCUT2D eigenvalue weighted by Crippen LogP contribution is 2.21. The number of ether oxygens (including phenoxy) is 2. The number of hydrogen-bond donors (Lipinski definition) is 0. The molecule has 2 heterocycles. The van der Waals surface area contributed by atoms with Crippen molar-refractivity contribution in [1.82, 2.24) is 9.13 Å². The maximum Gasteiger partial charge on any atom is 0.269 e. The summed E-state index contributed by atoms with van der Waals surface area (Å²) in [7, 11) is -1.64. The molecule has 0 unspecified atom stereocenters. The Morgan fingerprint density at radius 2 is 1.00 bits per heavy atom. The number of aryl methyl sites for hydroxylation is 3. The second-order valence-electron chi connectivity index (χ2n) is 12.9. The highest BCUT2D eigenvalue weighted by molar-refractivity contribution is 6.83. The van der Waals surface area contributed by atoms with E-state index in [2.05, 4.69) is 23.3 Å². The lowest BCUT2D eigenvalue weighted by atomic mass is 10.1. The van der Waals surface area contributed by atoms with Crippen molar-refractivity contribution in [3.63, 3.8) is 0 Å². The summed E-state index contributed by atoms with van der Waals surface area (Å²) in [5.74, 6) is 4.93. The minimum Gasteiger partial charge on any atom is -0.494 e. The highest BCUT2D eigenvalue weighted by Gasteiger charge is 2.14. The molecule has 288 valence electrons. The fourth-order valence-corrected chi connectivity index (χ4v) is 5.49. The summed E-state index contributed by atoms with van der Waals surface area (Å²) in [5, 5.41) is 17.8. The molecular formula is C42H44F4N4O4Si. The number of aromatic nitrogens is 2. The van der Waals surface area contributed by atoms with Gasteiger partial charge in [0.1, 0.15) is 66.1 Å². The molecule has 55 heavy (non-hydrogen) atoms. The van der Waals surface area contributed by atoms with Gasteiger partial charge in [0.2, 0.25) is 0 Å². The first-order chi connectivity index (χ1) is 25.9. The van der Waals surface area contributed by atoms with Gasteiger partial charge >= 0.3 is 0 Å². The summed E-state index contributed by atoms with van der Waals surface area (Å²) in [6.07, 6.45) is 0. The molecule has 0 aliphatic heterocycles. The Hall–Kier alpha value is -6.02. The van der Waals surface area contributed by atoms with Crippen molar-refractivity contribution < 1.29 is 27.0 Å². The van der Waals surface area contributed by atoms with Gasteiger partial charge < -0.3 is 18.6 Å². The first-order valence-corrected chi connectivity index (χ1v) is 20.9. The SMILES string of the molecule is CCOc1cc(F)c(C#C[Si](C)(C)C)c(F)c1.CCOc1cc(F)c(C#Cc2cc(C)c(C#N)c(=O)n2CC)c(F)c1.CCn1c(C)cc(C)c(C#N)c1=O. The van der Waals surface area contributed by atoms with Gasteiger partial charge in [-0.3, -0.25) is 9.59 Å². The van der Waals surface area contributed by atoms with E-state index in [9.17, 15) is 27.2 Å². The van der Waals surface area contributed by atoms with Crippen molar-refractivity contribution in [2.45, 2.75) is 81.2 Å². The van der Waals surface area contributed by atoms with Crippen molar-refractivity contribution in [2.75, 3.05) is 13.2 Å². The van der Waals surface area contributed by atoms with E-state index in [-0.39, 0.29) is 52.6 Å². The van der Waals surface area contributed by atoms with E-state index < -0.39 is 42.5 Å². The number of rotatable bonds is 6. The zero-order valence-electron chi connectivity index (χ0n) is 32.7. The normalized spacial score (nSPS) is 10.1. The van der Waals surface area contributed by atoms with Gasteiger partial charge in [-0.05, 0) is 77.6 Å². The zero-order valence-corrected chi connectivity index (χ0v) is 33.7. The molecule has 0 aliphatic rings. The number of hydrogen-bond acceptors (Lipinski definition) is 6. The molecule has 4 aromatic rings. The van der Waals surface area contributed by atoms with Crippen LogP contribution in [0.2, 0.25) is 19.6 Å². The first kappa shape index (κ1) is 45.1. The highest BCUT2D eigenvalue weighted by atomic mass is 28.3. The van der Waals surface area contributed by atoms with Crippen LogP contribution < -0.4 is 20.6 Å². The van der Waals surface area contributed by atoms with Gasteiger partial charge in [-0.25, -0.2) is 17.6 Å². The third kappa shape index (κ3) is 12.3. The Morgan fingerprint density at radius 1 is 0.600 bits per heavy atom. The van der Waals surface area contributed by atoms with Crippen LogP contribution in [0.5, 0.6) is 11.5 Å². The fraction of sp³-hybridized carbons (Fsp3) is 0.333. The molecular weight excluding hydrogens is 729 g/mol. The molecule has 0 N–H and O–H groups in total. The van der Waals surface area contributed by atoms with Crippen molar-refractivity contribution >= 4 is 8.07 Å². The first-order valence-electron chi connectivity index (χ1n) is 17.4. The molecule has 0 spiro atoms. The summed E-state index contributed by atoms with van der Waals surface area (Å²) in [4.78, 5) is 23.9. The van der Waals surface area contributed by atoms with Crippen molar-refractivity contribution in [2.24, 2.45) is 0 Å². The predicted molar refractivity (Wildman–Crippen MR) is 208 cm³/mol. The molecule has 13 heteroatoms. The minimum atomic E-state index is -1.64. The van der Waals surface area contributed by atoms with E-state index >= 15 is 0 Å². The summed E-state index contributed by atoms with van der Waals surface area (Å²) in [5.41, 5.74) is 4.43. The summed E-state index contributed by atoms with van der Waals surface area (Å²) < 4.78 is 68.4. The number of benzene rings is 2. The van der Waals surface area contributed by atoms with Crippen LogP contribution in [-0.4, -0.2) is 30.4 Å². The lowest BCUT2D eigenvalue weighted by molar-refractivity contribution is 0.335. The molecule has 0 radical (unpaired) electrons. The lowest BCUT2D eigenvalue weighted by Gasteiger charge is -2.08. The van der Waals surface area contributed by atoms with Crippen LogP contribution in [0.4, 0.5) is 17.6 Å². The van der Waals surface area contributed by atoms with Gasteiger partial charge in [0.15, 0.2) is 0 Å². The Kier molecular flexibility index (Phi) is 16.8. The molecule has 0 atom stereocenters. The predicted octanol–water partition coefficient (Wildman–Crippen LogP) is 8.07. The van der Waals surface area contributed by atoms with E-state index in [0.717, 1.165) is 23.4 Å². The molecule has 0 bridgehead atoms. The molecule has 2 aromatic carbocycles. The lowest BCUT2D eigenvalue weighted by Crippen LogP contribution is -2.25. The van der Waals surface area contributed by atoms with Crippen LogP contribution in [-0.2, 0) is 13.1 Å². The average molecular weight is 773 g/mol. The smallest absolute Gasteiger partial charge is 0.269 e. The number of halogens is 4. The molecule has 0 amide bonds. The largest absolute Gasteiger partial charge is 0.494 e. The zero-order chi connectivity index (χ0) is 41.6. The van der Waals surface area contributed by atoms with Crippen LogP contribution in [0.3, 0.4) is 0 Å². The molecule has 0 fully saturated rings. The maximum absolute atomic E-state index is 14.1. The fourth-order valence-electron chi connectivity index (χ4n) is 4.99. The Balaban J connectivity index is 0.000000303.